The number of quaternary nitrogens is 1. The molecule has 7 heteroatoms. The predicted octanol–water partition coefficient (Wildman–Crippen LogP) is 1.16. The van der Waals surface area contributed by atoms with Crippen LogP contribution in [0.4, 0.5) is 0 Å². The molecule has 2 aromatic rings. The van der Waals surface area contributed by atoms with E-state index in [9.17, 15) is 4.79 Å². The average molecular weight is 372 g/mol. The van der Waals surface area contributed by atoms with E-state index in [1.807, 2.05) is 27.0 Å². The minimum absolute atomic E-state index is 0.00436. The van der Waals surface area contributed by atoms with Crippen molar-refractivity contribution in [3.05, 3.63) is 34.1 Å². The lowest BCUT2D eigenvalue weighted by Crippen LogP contribution is -3.10. The van der Waals surface area contributed by atoms with Crippen LogP contribution < -0.4 is 19.1 Å². The Labute approximate surface area is 158 Å². The maximum absolute atomic E-state index is 13.2. The van der Waals surface area contributed by atoms with Crippen molar-refractivity contribution < 1.29 is 23.9 Å². The molecule has 1 aromatic heterocycles. The van der Waals surface area contributed by atoms with Crippen LogP contribution in [-0.4, -0.2) is 43.1 Å². The van der Waals surface area contributed by atoms with Gasteiger partial charge in [0.05, 0.1) is 43.9 Å². The van der Waals surface area contributed by atoms with Gasteiger partial charge in [0.1, 0.15) is 6.04 Å². The van der Waals surface area contributed by atoms with Gasteiger partial charge in [-0.05, 0) is 25.5 Å². The molecule has 1 unspecified atom stereocenters. The fraction of sp³-hybridized carbons (Fsp3) is 0.500. The molecule has 0 aliphatic carbocycles. The van der Waals surface area contributed by atoms with Gasteiger partial charge in [-0.2, -0.15) is 5.10 Å². The number of carbonyl (C=O) groups is 1. The number of fused-ring (bicyclic) bond motifs is 2. The number of Topliss-reactive ketones (excluding diaryl/α,β-unsaturated/α-hetero) is 1. The minimum Gasteiger partial charge on any atom is -0.492 e. The van der Waals surface area contributed by atoms with Crippen molar-refractivity contribution in [2.75, 3.05) is 27.5 Å². The van der Waals surface area contributed by atoms with Crippen LogP contribution in [0, 0.1) is 13.8 Å². The summed E-state index contributed by atoms with van der Waals surface area (Å²) in [5.74, 6) is 2.21. The van der Waals surface area contributed by atoms with Crippen LogP contribution in [0.3, 0.4) is 0 Å². The quantitative estimate of drug-likeness (QED) is 0.816. The lowest BCUT2D eigenvalue weighted by atomic mass is 9.87. The average Bonchev–Trinajstić information content (AvgIpc) is 3.19. The first-order valence-corrected chi connectivity index (χ1v) is 9.27. The number of hydrogen-bond donors (Lipinski definition) is 1. The van der Waals surface area contributed by atoms with Crippen molar-refractivity contribution >= 4 is 5.78 Å². The van der Waals surface area contributed by atoms with Gasteiger partial charge in [0, 0.05) is 19.2 Å². The van der Waals surface area contributed by atoms with Crippen LogP contribution in [0.25, 0.3) is 0 Å². The second-order valence-corrected chi connectivity index (χ2v) is 7.41. The summed E-state index contributed by atoms with van der Waals surface area (Å²) in [6, 6.07) is 2.05. The highest BCUT2D eigenvalue weighted by Gasteiger charge is 2.38. The minimum atomic E-state index is 0.00436. The molecule has 0 saturated heterocycles. The molecule has 4 rings (SSSR count). The standard InChI is InChI=1S/C20H25N3O4/c1-11-17(12(2)23(4)21-11)15(24)9-14-18-13(6-7-22(14)3)8-16-19(20(18)25-5)27-10-26-16/h8,14H,6-7,9-10H2,1-5H3/p+1/t14-/m0/s1. The van der Waals surface area contributed by atoms with Gasteiger partial charge in [-0.25, -0.2) is 0 Å². The number of benzene rings is 1. The molecular weight excluding hydrogens is 346 g/mol. The molecule has 1 aromatic carbocycles. The zero-order valence-electron chi connectivity index (χ0n) is 16.5. The lowest BCUT2D eigenvalue weighted by Gasteiger charge is -2.32. The molecule has 0 fully saturated rings. The Morgan fingerprint density at radius 3 is 2.85 bits per heavy atom. The highest BCUT2D eigenvalue weighted by atomic mass is 16.7. The summed E-state index contributed by atoms with van der Waals surface area (Å²) in [5.41, 5.74) is 4.67. The van der Waals surface area contributed by atoms with E-state index in [0.717, 1.165) is 41.2 Å². The molecule has 144 valence electrons. The number of likely N-dealkylation sites (N-methyl/N-ethyl adjacent to an activating group) is 1. The predicted molar refractivity (Wildman–Crippen MR) is 98.9 cm³/mol. The Kier molecular flexibility index (Phi) is 4.34. The van der Waals surface area contributed by atoms with Crippen molar-refractivity contribution in [2.24, 2.45) is 7.05 Å². The van der Waals surface area contributed by atoms with Crippen LogP contribution in [-0.2, 0) is 13.5 Å². The van der Waals surface area contributed by atoms with E-state index >= 15 is 0 Å². The summed E-state index contributed by atoms with van der Waals surface area (Å²) in [6.45, 7) is 5.00. The van der Waals surface area contributed by atoms with E-state index in [2.05, 4.69) is 12.1 Å². The van der Waals surface area contributed by atoms with Gasteiger partial charge >= 0.3 is 0 Å². The molecular formula is C20H26N3O4+. The Bertz CT molecular complexity index is 919. The maximum Gasteiger partial charge on any atom is 0.231 e. The van der Waals surface area contributed by atoms with Crippen LogP contribution in [0.2, 0.25) is 0 Å². The molecule has 0 bridgehead atoms. The molecule has 1 N–H and O–H groups in total. The first-order chi connectivity index (χ1) is 12.9. The van der Waals surface area contributed by atoms with E-state index in [-0.39, 0.29) is 18.6 Å². The molecule has 0 radical (unpaired) electrons. The Morgan fingerprint density at radius 1 is 1.41 bits per heavy atom. The lowest BCUT2D eigenvalue weighted by molar-refractivity contribution is -0.913. The summed E-state index contributed by atoms with van der Waals surface area (Å²) < 4.78 is 18.7. The molecule has 0 spiro atoms. The van der Waals surface area contributed by atoms with Crippen LogP contribution in [0.5, 0.6) is 17.2 Å². The highest BCUT2D eigenvalue weighted by molar-refractivity contribution is 5.98. The number of hydrogen-bond acceptors (Lipinski definition) is 5. The number of carbonyl (C=O) groups excluding carboxylic acids is 1. The van der Waals surface area contributed by atoms with E-state index < -0.39 is 0 Å². The van der Waals surface area contributed by atoms with Gasteiger partial charge in [0.25, 0.3) is 0 Å². The van der Waals surface area contributed by atoms with Gasteiger partial charge in [0.2, 0.25) is 12.5 Å². The van der Waals surface area contributed by atoms with Gasteiger partial charge in [-0.1, -0.05) is 0 Å². The van der Waals surface area contributed by atoms with Crippen LogP contribution in [0.15, 0.2) is 6.07 Å². The second kappa shape index (κ2) is 6.56. The first kappa shape index (κ1) is 17.9. The van der Waals surface area contributed by atoms with Crippen molar-refractivity contribution in [3.8, 4) is 17.2 Å². The number of nitrogens with one attached hydrogen (secondary N) is 1. The molecule has 3 heterocycles. The topological polar surface area (TPSA) is 67.0 Å². The third kappa shape index (κ3) is 2.77. The molecule has 27 heavy (non-hydrogen) atoms. The van der Waals surface area contributed by atoms with E-state index in [4.69, 9.17) is 14.2 Å². The summed E-state index contributed by atoms with van der Waals surface area (Å²) in [4.78, 5) is 14.5. The third-order valence-electron chi connectivity index (χ3n) is 5.86. The fourth-order valence-electron chi connectivity index (χ4n) is 4.36. The zero-order chi connectivity index (χ0) is 19.3. The second-order valence-electron chi connectivity index (χ2n) is 7.41. The van der Waals surface area contributed by atoms with Crippen molar-refractivity contribution in [1.29, 1.82) is 0 Å². The summed E-state index contributed by atoms with van der Waals surface area (Å²) >= 11 is 0. The number of aromatic nitrogens is 2. The zero-order valence-corrected chi connectivity index (χ0v) is 16.5. The first-order valence-electron chi connectivity index (χ1n) is 9.27. The smallest absolute Gasteiger partial charge is 0.231 e. The molecule has 2 aliphatic heterocycles. The SMILES string of the molecule is COc1c2c(cc3c1[C@H](CC(=O)c1c(C)nn(C)c1C)[NH+](C)CC3)OCO2. The monoisotopic (exact) mass is 372 g/mol. The number of methoxy groups -OCH3 is 1. The number of rotatable bonds is 4. The number of nitrogens with zero attached hydrogens (tertiary/aromatic N) is 2. The normalized spacial score (nSPS) is 20.5. The Morgan fingerprint density at radius 2 is 2.19 bits per heavy atom. The summed E-state index contributed by atoms with van der Waals surface area (Å²) in [6.07, 6.45) is 1.33. The van der Waals surface area contributed by atoms with Gasteiger partial charge < -0.3 is 19.1 Å². The number of ketones is 1. The van der Waals surface area contributed by atoms with Crippen molar-refractivity contribution in [1.82, 2.24) is 9.78 Å². The van der Waals surface area contributed by atoms with Gasteiger partial charge in [0.15, 0.2) is 17.3 Å². The fourth-order valence-corrected chi connectivity index (χ4v) is 4.36. The van der Waals surface area contributed by atoms with Crippen molar-refractivity contribution in [3.63, 3.8) is 0 Å². The largest absolute Gasteiger partial charge is 0.492 e. The Hall–Kier alpha value is -2.54. The highest BCUT2D eigenvalue weighted by Crippen LogP contribution is 2.48. The van der Waals surface area contributed by atoms with E-state index in [1.165, 1.54) is 10.5 Å². The van der Waals surface area contributed by atoms with Gasteiger partial charge in [-0.15, -0.1) is 0 Å². The van der Waals surface area contributed by atoms with Crippen LogP contribution >= 0.6 is 0 Å². The van der Waals surface area contributed by atoms with Crippen LogP contribution in [0.1, 0.15) is 45.3 Å². The molecule has 0 saturated carbocycles. The Balaban J connectivity index is 1.75. The number of aryl methyl sites for hydroxylation is 2. The molecule has 2 aliphatic rings. The maximum atomic E-state index is 13.2. The summed E-state index contributed by atoms with van der Waals surface area (Å²) in [7, 11) is 5.65. The summed E-state index contributed by atoms with van der Waals surface area (Å²) in [5, 5.41) is 4.40. The molecule has 2 atom stereocenters. The van der Waals surface area contributed by atoms with Crippen molar-refractivity contribution in [2.45, 2.75) is 32.7 Å². The van der Waals surface area contributed by atoms with E-state index in [1.54, 1.807) is 11.8 Å². The van der Waals surface area contributed by atoms with Gasteiger partial charge in [-0.3, -0.25) is 9.48 Å². The van der Waals surface area contributed by atoms with E-state index in [0.29, 0.717) is 17.9 Å². The number of ether oxygens (including phenoxy) is 3. The molecule has 0 amide bonds. The molecule has 7 nitrogen and oxygen atoms in total. The third-order valence-corrected chi connectivity index (χ3v) is 5.86.